The van der Waals surface area contributed by atoms with E-state index < -0.39 is 6.04 Å². The fourth-order valence-corrected chi connectivity index (χ4v) is 4.71. The zero-order chi connectivity index (χ0) is 21.9. The van der Waals surface area contributed by atoms with Crippen molar-refractivity contribution in [3.8, 4) is 11.4 Å². The second-order valence-electron chi connectivity index (χ2n) is 8.43. The summed E-state index contributed by atoms with van der Waals surface area (Å²) in [6.45, 7) is -0.168. The quantitative estimate of drug-likeness (QED) is 0.438. The summed E-state index contributed by atoms with van der Waals surface area (Å²) in [5.74, 6) is 0.655. The molecule has 1 aliphatic carbocycles. The van der Waals surface area contributed by atoms with E-state index in [9.17, 15) is 9.90 Å². The third kappa shape index (κ3) is 3.94. The summed E-state index contributed by atoms with van der Waals surface area (Å²) in [4.78, 5) is 17.9. The standard InChI is InChI=1S/C26H27N3O3/c30-16-23(18-7-3-1-4-8-18)28-26(31)19-11-12-24-22(15-19)27-25(20-13-14-32-17-20)29(24)21-9-5-2-6-10-21/h1,3-4,7-8,11-15,17,21,23,30H,2,5-6,9-10,16H2,(H,28,31)/t23-/m1/s1. The van der Waals surface area contributed by atoms with E-state index in [1.165, 1.54) is 19.3 Å². The van der Waals surface area contributed by atoms with Gasteiger partial charge in [0.1, 0.15) is 12.1 Å². The lowest BCUT2D eigenvalue weighted by Crippen LogP contribution is -2.30. The number of carbonyl (C=O) groups excluding carboxylic acids is 1. The van der Waals surface area contributed by atoms with Gasteiger partial charge in [0.05, 0.1) is 35.5 Å². The van der Waals surface area contributed by atoms with Gasteiger partial charge in [-0.3, -0.25) is 4.79 Å². The molecule has 1 aliphatic rings. The Hall–Kier alpha value is -3.38. The summed E-state index contributed by atoms with van der Waals surface area (Å²) in [7, 11) is 0. The van der Waals surface area contributed by atoms with Gasteiger partial charge >= 0.3 is 0 Å². The fraction of sp³-hybridized carbons (Fsp3) is 0.308. The van der Waals surface area contributed by atoms with Crippen LogP contribution in [0.15, 0.2) is 71.5 Å². The number of fused-ring (bicyclic) bond motifs is 1. The van der Waals surface area contributed by atoms with E-state index in [4.69, 9.17) is 9.40 Å². The lowest BCUT2D eigenvalue weighted by Gasteiger charge is -2.25. The zero-order valence-electron chi connectivity index (χ0n) is 17.9. The van der Waals surface area contributed by atoms with Crippen molar-refractivity contribution in [2.75, 3.05) is 6.61 Å². The molecular weight excluding hydrogens is 402 g/mol. The predicted octanol–water partition coefficient (Wildman–Crippen LogP) is 5.26. The van der Waals surface area contributed by atoms with Crippen LogP contribution in [0.2, 0.25) is 0 Å². The molecular formula is C26H27N3O3. The van der Waals surface area contributed by atoms with Crippen LogP contribution >= 0.6 is 0 Å². The molecule has 0 radical (unpaired) electrons. The second-order valence-corrected chi connectivity index (χ2v) is 8.43. The number of rotatable bonds is 6. The zero-order valence-corrected chi connectivity index (χ0v) is 17.9. The van der Waals surface area contributed by atoms with Gasteiger partial charge < -0.3 is 19.4 Å². The van der Waals surface area contributed by atoms with Gasteiger partial charge in [0.15, 0.2) is 0 Å². The number of hydrogen-bond acceptors (Lipinski definition) is 4. The topological polar surface area (TPSA) is 80.3 Å². The number of imidazole rings is 1. The van der Waals surface area contributed by atoms with Crippen LogP contribution in [-0.4, -0.2) is 27.2 Å². The molecule has 0 aliphatic heterocycles. The van der Waals surface area contributed by atoms with Crippen molar-refractivity contribution in [1.29, 1.82) is 0 Å². The summed E-state index contributed by atoms with van der Waals surface area (Å²) < 4.78 is 7.65. The first-order chi connectivity index (χ1) is 15.7. The summed E-state index contributed by atoms with van der Waals surface area (Å²) in [6.07, 6.45) is 9.37. The highest BCUT2D eigenvalue weighted by atomic mass is 16.3. The molecule has 2 N–H and O–H groups in total. The Kier molecular flexibility index (Phi) is 5.77. The van der Waals surface area contributed by atoms with Crippen molar-refractivity contribution in [1.82, 2.24) is 14.9 Å². The maximum Gasteiger partial charge on any atom is 0.251 e. The average molecular weight is 430 g/mol. The summed E-state index contributed by atoms with van der Waals surface area (Å²) >= 11 is 0. The smallest absolute Gasteiger partial charge is 0.251 e. The van der Waals surface area contributed by atoms with Crippen LogP contribution in [0.4, 0.5) is 0 Å². The lowest BCUT2D eigenvalue weighted by molar-refractivity contribution is 0.0916. The third-order valence-corrected chi connectivity index (χ3v) is 6.36. The molecule has 5 rings (SSSR count). The summed E-state index contributed by atoms with van der Waals surface area (Å²) in [6, 6.07) is 17.0. The van der Waals surface area contributed by atoms with Gasteiger partial charge in [-0.25, -0.2) is 4.98 Å². The van der Waals surface area contributed by atoms with Crippen LogP contribution in [0.3, 0.4) is 0 Å². The van der Waals surface area contributed by atoms with Gasteiger partial charge in [-0.05, 0) is 42.7 Å². The summed E-state index contributed by atoms with van der Waals surface area (Å²) in [5, 5.41) is 12.7. The van der Waals surface area contributed by atoms with Crippen molar-refractivity contribution in [2.45, 2.75) is 44.2 Å². The Morgan fingerprint density at radius 1 is 1.12 bits per heavy atom. The van der Waals surface area contributed by atoms with E-state index in [2.05, 4.69) is 9.88 Å². The molecule has 1 saturated carbocycles. The number of benzene rings is 2. The molecule has 6 nitrogen and oxygen atoms in total. The number of aliphatic hydroxyl groups is 1. The van der Waals surface area contributed by atoms with Crippen LogP contribution in [0, 0.1) is 0 Å². The Bertz CT molecular complexity index is 1190. The van der Waals surface area contributed by atoms with Gasteiger partial charge in [-0.1, -0.05) is 49.6 Å². The molecule has 1 atom stereocenters. The molecule has 1 fully saturated rings. The molecule has 6 heteroatoms. The van der Waals surface area contributed by atoms with Crippen LogP contribution in [0.25, 0.3) is 22.4 Å². The first-order valence-electron chi connectivity index (χ1n) is 11.3. The van der Waals surface area contributed by atoms with E-state index in [0.717, 1.165) is 40.8 Å². The highest BCUT2D eigenvalue weighted by molar-refractivity contribution is 5.98. The molecule has 164 valence electrons. The summed E-state index contributed by atoms with van der Waals surface area (Å²) in [5.41, 5.74) is 4.17. The van der Waals surface area contributed by atoms with E-state index in [1.54, 1.807) is 12.5 Å². The molecule has 4 aromatic rings. The second kappa shape index (κ2) is 9.01. The number of aromatic nitrogens is 2. The van der Waals surface area contributed by atoms with Crippen LogP contribution in [0.1, 0.15) is 60.1 Å². The van der Waals surface area contributed by atoms with Crippen LogP contribution in [0.5, 0.6) is 0 Å². The van der Waals surface area contributed by atoms with Gasteiger partial charge in [0.25, 0.3) is 5.91 Å². The maximum absolute atomic E-state index is 13.0. The van der Waals surface area contributed by atoms with Gasteiger partial charge in [0, 0.05) is 11.6 Å². The van der Waals surface area contributed by atoms with E-state index in [1.807, 2.05) is 54.6 Å². The van der Waals surface area contributed by atoms with Crippen LogP contribution < -0.4 is 5.32 Å². The molecule has 0 spiro atoms. The number of furan rings is 1. The van der Waals surface area contributed by atoms with Crippen LogP contribution in [-0.2, 0) is 0 Å². The molecule has 32 heavy (non-hydrogen) atoms. The Balaban J connectivity index is 1.49. The minimum Gasteiger partial charge on any atom is -0.472 e. The Morgan fingerprint density at radius 3 is 2.66 bits per heavy atom. The monoisotopic (exact) mass is 429 g/mol. The van der Waals surface area contributed by atoms with Crippen molar-refractivity contribution in [3.63, 3.8) is 0 Å². The number of amides is 1. The number of aliphatic hydroxyl groups excluding tert-OH is 1. The number of hydrogen-bond donors (Lipinski definition) is 2. The molecule has 1 amide bonds. The number of carbonyl (C=O) groups is 1. The first kappa shape index (κ1) is 20.5. The third-order valence-electron chi connectivity index (χ3n) is 6.36. The van der Waals surface area contributed by atoms with Gasteiger partial charge in [-0.2, -0.15) is 0 Å². The Morgan fingerprint density at radius 2 is 1.94 bits per heavy atom. The van der Waals surface area contributed by atoms with Crippen molar-refractivity contribution >= 4 is 16.9 Å². The minimum absolute atomic E-state index is 0.168. The van der Waals surface area contributed by atoms with Gasteiger partial charge in [0.2, 0.25) is 0 Å². The van der Waals surface area contributed by atoms with Crippen molar-refractivity contribution < 1.29 is 14.3 Å². The predicted molar refractivity (Wildman–Crippen MR) is 123 cm³/mol. The molecule has 0 unspecified atom stereocenters. The number of nitrogens with one attached hydrogen (secondary N) is 1. The maximum atomic E-state index is 13.0. The molecule has 2 aromatic heterocycles. The molecule has 2 heterocycles. The van der Waals surface area contributed by atoms with Crippen molar-refractivity contribution in [3.05, 3.63) is 78.3 Å². The normalized spacial score (nSPS) is 15.7. The molecule has 0 saturated heterocycles. The molecule has 0 bridgehead atoms. The average Bonchev–Trinajstić information content (AvgIpc) is 3.51. The molecule has 2 aromatic carbocycles. The highest BCUT2D eigenvalue weighted by Crippen LogP contribution is 2.36. The van der Waals surface area contributed by atoms with E-state index in [0.29, 0.717) is 11.6 Å². The first-order valence-corrected chi connectivity index (χ1v) is 11.3. The highest BCUT2D eigenvalue weighted by Gasteiger charge is 2.24. The Labute approximate surface area is 186 Å². The van der Waals surface area contributed by atoms with Crippen molar-refractivity contribution in [2.24, 2.45) is 0 Å². The largest absolute Gasteiger partial charge is 0.472 e. The number of nitrogens with zero attached hydrogens (tertiary/aromatic N) is 2. The SMILES string of the molecule is O=C(N[C@H](CO)c1ccccc1)c1ccc2c(c1)nc(-c1ccoc1)n2C1CCCCC1. The van der Waals surface area contributed by atoms with Gasteiger partial charge in [-0.15, -0.1) is 0 Å². The van der Waals surface area contributed by atoms with E-state index >= 15 is 0 Å². The fourth-order valence-electron chi connectivity index (χ4n) is 4.71. The van der Waals surface area contributed by atoms with E-state index in [-0.39, 0.29) is 12.5 Å². The lowest BCUT2D eigenvalue weighted by atomic mass is 9.95. The minimum atomic E-state index is -0.458.